The number of hydrogen-bond donors (Lipinski definition) is 1. The minimum atomic E-state index is -0.380. The molecule has 0 saturated carbocycles. The van der Waals surface area contributed by atoms with Gasteiger partial charge >= 0.3 is 0 Å². The molecule has 0 saturated heterocycles. The smallest absolute Gasteiger partial charge is 0.136 e. The van der Waals surface area contributed by atoms with Gasteiger partial charge in [0.25, 0.3) is 0 Å². The molecule has 0 heterocycles. The van der Waals surface area contributed by atoms with E-state index in [-0.39, 0.29) is 18.5 Å². The molecule has 2 aromatic carbocycles. The number of rotatable bonds is 4. The third-order valence-corrected chi connectivity index (χ3v) is 3.01. The molecule has 19 heavy (non-hydrogen) atoms. The minimum Gasteiger partial charge on any atom is -0.484 e. The van der Waals surface area contributed by atoms with Crippen molar-refractivity contribution in [3.05, 3.63) is 63.9 Å². The monoisotopic (exact) mass is 299 g/mol. The molecule has 2 N–H and O–H groups in total. The second-order valence-corrected chi connectivity index (χ2v) is 4.87. The van der Waals surface area contributed by atoms with E-state index in [0.29, 0.717) is 15.8 Å². The van der Waals surface area contributed by atoms with Gasteiger partial charge in [0.2, 0.25) is 0 Å². The zero-order valence-corrected chi connectivity index (χ0v) is 11.5. The van der Waals surface area contributed by atoms with E-state index >= 15 is 0 Å². The lowest BCUT2D eigenvalue weighted by Gasteiger charge is -2.18. The summed E-state index contributed by atoms with van der Waals surface area (Å²) in [5, 5.41) is 0.967. The van der Waals surface area contributed by atoms with Gasteiger partial charge in [-0.2, -0.15) is 0 Å². The molecular formula is C14H12Cl2FNO. The van der Waals surface area contributed by atoms with E-state index in [1.54, 1.807) is 30.3 Å². The molecule has 0 fully saturated rings. The molecular weight excluding hydrogens is 288 g/mol. The molecule has 0 aliphatic carbocycles. The van der Waals surface area contributed by atoms with Crippen molar-refractivity contribution in [3.8, 4) is 5.75 Å². The molecule has 100 valence electrons. The highest BCUT2D eigenvalue weighted by Crippen LogP contribution is 2.28. The second kappa shape index (κ2) is 6.24. The van der Waals surface area contributed by atoms with Gasteiger partial charge in [-0.25, -0.2) is 4.39 Å². The van der Waals surface area contributed by atoms with Gasteiger partial charge in [-0.1, -0.05) is 35.3 Å². The number of benzene rings is 2. The maximum absolute atomic E-state index is 12.9. The molecule has 2 nitrogen and oxygen atoms in total. The van der Waals surface area contributed by atoms with E-state index in [1.165, 1.54) is 12.1 Å². The summed E-state index contributed by atoms with van der Waals surface area (Å²) < 4.78 is 18.6. The van der Waals surface area contributed by atoms with Crippen LogP contribution in [0.3, 0.4) is 0 Å². The Kier molecular flexibility index (Phi) is 4.64. The normalized spacial score (nSPS) is 12.2. The first kappa shape index (κ1) is 14.1. The summed E-state index contributed by atoms with van der Waals surface area (Å²) in [5.74, 6) is 0.225. The lowest BCUT2D eigenvalue weighted by atomic mass is 10.1. The summed E-state index contributed by atoms with van der Waals surface area (Å²) in [6, 6.07) is 10.9. The van der Waals surface area contributed by atoms with Crippen molar-refractivity contribution in [1.82, 2.24) is 0 Å². The van der Waals surface area contributed by atoms with E-state index in [0.717, 1.165) is 5.56 Å². The van der Waals surface area contributed by atoms with Crippen LogP contribution in [0.4, 0.5) is 4.39 Å². The lowest BCUT2D eigenvalue weighted by Crippen LogP contribution is -2.18. The van der Waals surface area contributed by atoms with Crippen LogP contribution in [0.15, 0.2) is 42.5 Å². The average Bonchev–Trinajstić information content (AvgIpc) is 2.36. The third-order valence-electron chi connectivity index (χ3n) is 2.57. The van der Waals surface area contributed by atoms with Gasteiger partial charge in [0, 0.05) is 16.6 Å². The molecule has 0 radical (unpaired) electrons. The van der Waals surface area contributed by atoms with Gasteiger partial charge in [0.1, 0.15) is 17.7 Å². The molecule has 0 aliphatic heterocycles. The fourth-order valence-corrected chi connectivity index (χ4v) is 2.20. The van der Waals surface area contributed by atoms with Crippen LogP contribution in [0.1, 0.15) is 11.7 Å². The van der Waals surface area contributed by atoms with Gasteiger partial charge in [0.15, 0.2) is 0 Å². The molecule has 5 heteroatoms. The van der Waals surface area contributed by atoms with Crippen molar-refractivity contribution in [3.63, 3.8) is 0 Å². The van der Waals surface area contributed by atoms with E-state index in [4.69, 9.17) is 33.7 Å². The minimum absolute atomic E-state index is 0.260. The number of hydrogen-bond acceptors (Lipinski definition) is 2. The fraction of sp³-hybridized carbons (Fsp3) is 0.143. The number of nitrogens with two attached hydrogens (primary N) is 1. The summed E-state index contributed by atoms with van der Waals surface area (Å²) in [4.78, 5) is 0. The molecule has 2 aromatic rings. The van der Waals surface area contributed by atoms with Crippen LogP contribution in [0.2, 0.25) is 10.0 Å². The van der Waals surface area contributed by atoms with Crippen molar-refractivity contribution < 1.29 is 9.13 Å². The predicted molar refractivity (Wildman–Crippen MR) is 75.3 cm³/mol. The molecule has 0 aliphatic rings. The Balaban J connectivity index is 2.21. The lowest BCUT2D eigenvalue weighted by molar-refractivity contribution is 0.214. The zero-order chi connectivity index (χ0) is 13.8. The van der Waals surface area contributed by atoms with Crippen LogP contribution in [-0.4, -0.2) is 6.54 Å². The molecule has 1 unspecified atom stereocenters. The predicted octanol–water partition coefficient (Wildman–Crippen LogP) is 4.21. The first-order chi connectivity index (χ1) is 9.08. The Morgan fingerprint density at radius 2 is 1.63 bits per heavy atom. The summed E-state index contributed by atoms with van der Waals surface area (Å²) >= 11 is 11.8. The van der Waals surface area contributed by atoms with E-state index in [1.807, 2.05) is 0 Å². The van der Waals surface area contributed by atoms with E-state index < -0.39 is 0 Å². The quantitative estimate of drug-likeness (QED) is 0.918. The highest BCUT2D eigenvalue weighted by Gasteiger charge is 2.12. The summed E-state index contributed by atoms with van der Waals surface area (Å²) in [5.41, 5.74) is 6.47. The van der Waals surface area contributed by atoms with Crippen molar-refractivity contribution in [2.24, 2.45) is 5.73 Å². The van der Waals surface area contributed by atoms with Gasteiger partial charge in [-0.15, -0.1) is 0 Å². The highest BCUT2D eigenvalue weighted by atomic mass is 35.5. The number of ether oxygens (including phenoxy) is 1. The van der Waals surface area contributed by atoms with Crippen molar-refractivity contribution >= 4 is 23.2 Å². The Hall–Kier alpha value is -1.29. The van der Waals surface area contributed by atoms with Crippen LogP contribution < -0.4 is 10.5 Å². The Labute approximate surface area is 120 Å². The average molecular weight is 300 g/mol. The molecule has 0 bridgehead atoms. The van der Waals surface area contributed by atoms with Crippen LogP contribution in [-0.2, 0) is 0 Å². The topological polar surface area (TPSA) is 35.2 Å². The largest absolute Gasteiger partial charge is 0.484 e. The maximum Gasteiger partial charge on any atom is 0.136 e. The molecule has 0 amide bonds. The van der Waals surface area contributed by atoms with Gasteiger partial charge in [-0.3, -0.25) is 0 Å². The fourth-order valence-electron chi connectivity index (χ4n) is 1.69. The molecule has 2 rings (SSSR count). The van der Waals surface area contributed by atoms with Crippen LogP contribution >= 0.6 is 23.2 Å². The first-order valence-corrected chi connectivity index (χ1v) is 6.42. The van der Waals surface area contributed by atoms with Crippen LogP contribution in [0.25, 0.3) is 0 Å². The summed E-state index contributed by atoms with van der Waals surface area (Å²) in [6.07, 6.45) is -0.380. The highest BCUT2D eigenvalue weighted by molar-refractivity contribution is 6.34. The van der Waals surface area contributed by atoms with Crippen molar-refractivity contribution in [2.45, 2.75) is 6.10 Å². The standard InChI is InChI=1S/C14H12Cl2FNO/c15-10-5-11(16)7-13(6-10)19-14(8-18)9-1-3-12(17)4-2-9/h1-7,14H,8,18H2. The van der Waals surface area contributed by atoms with Crippen molar-refractivity contribution in [1.29, 1.82) is 0 Å². The first-order valence-electron chi connectivity index (χ1n) is 5.67. The van der Waals surface area contributed by atoms with Gasteiger partial charge in [-0.05, 0) is 35.9 Å². The zero-order valence-electron chi connectivity index (χ0n) is 9.95. The Bertz CT molecular complexity index is 540. The van der Waals surface area contributed by atoms with Crippen LogP contribution in [0, 0.1) is 5.82 Å². The van der Waals surface area contributed by atoms with E-state index in [2.05, 4.69) is 0 Å². The summed E-state index contributed by atoms with van der Waals surface area (Å²) in [7, 11) is 0. The Morgan fingerprint density at radius 1 is 1.05 bits per heavy atom. The summed E-state index contributed by atoms with van der Waals surface area (Å²) in [6.45, 7) is 0.260. The van der Waals surface area contributed by atoms with Crippen LogP contribution in [0.5, 0.6) is 5.75 Å². The van der Waals surface area contributed by atoms with E-state index in [9.17, 15) is 4.39 Å². The Morgan fingerprint density at radius 3 is 2.16 bits per heavy atom. The third kappa shape index (κ3) is 3.83. The molecule has 1 atom stereocenters. The van der Waals surface area contributed by atoms with Gasteiger partial charge < -0.3 is 10.5 Å². The van der Waals surface area contributed by atoms with Gasteiger partial charge in [0.05, 0.1) is 0 Å². The number of halogens is 3. The SMILES string of the molecule is NCC(Oc1cc(Cl)cc(Cl)c1)c1ccc(F)cc1. The van der Waals surface area contributed by atoms with Crippen molar-refractivity contribution in [2.75, 3.05) is 6.54 Å². The second-order valence-electron chi connectivity index (χ2n) is 4.00. The molecule has 0 aromatic heterocycles. The molecule has 0 spiro atoms. The maximum atomic E-state index is 12.9.